The largest absolute Gasteiger partial charge is 0.573 e. The van der Waals surface area contributed by atoms with Crippen LogP contribution in [0.5, 0.6) is 5.75 Å². The second-order valence-electron chi connectivity index (χ2n) is 5.29. The second kappa shape index (κ2) is 7.53. The van der Waals surface area contributed by atoms with Gasteiger partial charge in [-0.05, 0) is 34.8 Å². The van der Waals surface area contributed by atoms with Gasteiger partial charge in [-0.15, -0.1) is 13.2 Å². The Hall–Kier alpha value is -1.28. The third-order valence-electron chi connectivity index (χ3n) is 3.75. The quantitative estimate of drug-likeness (QED) is 0.794. The zero-order valence-corrected chi connectivity index (χ0v) is 14.2. The van der Waals surface area contributed by atoms with Crippen LogP contribution in [0, 0.1) is 0 Å². The molecule has 0 saturated heterocycles. The van der Waals surface area contributed by atoms with Gasteiger partial charge in [0, 0.05) is 24.8 Å². The van der Waals surface area contributed by atoms with Crippen molar-refractivity contribution in [1.29, 1.82) is 0 Å². The predicted molar refractivity (Wildman–Crippen MR) is 84.4 cm³/mol. The topological polar surface area (TPSA) is 47.3 Å². The molecule has 8 heteroatoms. The first kappa shape index (κ1) is 18.1. The van der Waals surface area contributed by atoms with E-state index in [2.05, 4.69) is 25.8 Å². The fourth-order valence-corrected chi connectivity index (χ4v) is 3.22. The van der Waals surface area contributed by atoms with E-state index in [4.69, 9.17) is 5.11 Å². The van der Waals surface area contributed by atoms with E-state index in [-0.39, 0.29) is 10.2 Å². The zero-order valence-electron chi connectivity index (χ0n) is 12.6. The van der Waals surface area contributed by atoms with Crippen molar-refractivity contribution in [3.8, 4) is 5.75 Å². The molecule has 0 aliphatic heterocycles. The number of ether oxygens (including phenoxy) is 1. The highest BCUT2D eigenvalue weighted by atomic mass is 79.9. The van der Waals surface area contributed by atoms with Gasteiger partial charge in [-0.25, -0.2) is 0 Å². The highest BCUT2D eigenvalue weighted by Gasteiger charge is 2.32. The Morgan fingerprint density at radius 1 is 1.22 bits per heavy atom. The Kier molecular flexibility index (Phi) is 5.91. The molecule has 1 fully saturated rings. The maximum Gasteiger partial charge on any atom is 0.573 e. The molecule has 128 valence electrons. The van der Waals surface area contributed by atoms with Crippen LogP contribution in [-0.4, -0.2) is 28.4 Å². The number of hydrogen-bond acceptors (Lipinski definition) is 3. The summed E-state index contributed by atoms with van der Waals surface area (Å²) in [6.45, 7) is 0. The van der Waals surface area contributed by atoms with Crippen LogP contribution in [0.4, 0.5) is 13.2 Å². The van der Waals surface area contributed by atoms with Crippen LogP contribution in [0.15, 0.2) is 22.8 Å². The number of hydrogen-bond donors (Lipinski definition) is 1. The van der Waals surface area contributed by atoms with Crippen LogP contribution in [0.2, 0.25) is 0 Å². The van der Waals surface area contributed by atoms with Crippen molar-refractivity contribution in [3.05, 3.63) is 22.8 Å². The lowest BCUT2D eigenvalue weighted by atomic mass is 9.96. The van der Waals surface area contributed by atoms with Gasteiger partial charge in [-0.1, -0.05) is 19.3 Å². The fraction of sp³-hybridized carbons (Fsp3) is 0.533. The summed E-state index contributed by atoms with van der Waals surface area (Å²) < 4.78 is 43.2. The van der Waals surface area contributed by atoms with Crippen molar-refractivity contribution in [2.24, 2.45) is 0 Å². The summed E-state index contributed by atoms with van der Waals surface area (Å²) >= 11 is 3.11. The molecule has 1 heterocycles. The predicted octanol–water partition coefficient (Wildman–Crippen LogP) is 4.81. The first-order valence-corrected chi connectivity index (χ1v) is 8.10. The number of halogens is 4. The minimum atomic E-state index is -4.71. The monoisotopic (exact) mass is 394 g/mol. The van der Waals surface area contributed by atoms with Crippen LogP contribution < -0.4 is 4.74 Å². The summed E-state index contributed by atoms with van der Waals surface area (Å²) in [6, 6.07) is 3.28. The molecule has 0 atom stereocenters. The third kappa shape index (κ3) is 4.60. The second-order valence-corrected chi connectivity index (χ2v) is 6.14. The van der Waals surface area contributed by atoms with Crippen molar-refractivity contribution in [2.75, 3.05) is 7.11 Å². The maximum absolute atomic E-state index is 12.3. The highest BCUT2D eigenvalue weighted by molar-refractivity contribution is 9.10. The summed E-state index contributed by atoms with van der Waals surface area (Å²) in [7, 11) is 1.00. The summed E-state index contributed by atoms with van der Waals surface area (Å²) in [5.74, 6) is -0.260. The average molecular weight is 395 g/mol. The number of aliphatic hydroxyl groups excluding tert-OH is 1. The standard InChI is InChI=1S/C14H14BrF3N2O.CH4O/c15-11-6-9-8-20(10-4-2-1-3-5-10)19-12(9)7-13(11)21-14(16,17)18;1-2/h6-8,10H,1-5H2;2H,1H3. The van der Waals surface area contributed by atoms with Crippen molar-refractivity contribution < 1.29 is 23.0 Å². The van der Waals surface area contributed by atoms with E-state index in [1.54, 1.807) is 6.07 Å². The fourth-order valence-electron chi connectivity index (χ4n) is 2.78. The van der Waals surface area contributed by atoms with Crippen molar-refractivity contribution in [2.45, 2.75) is 44.5 Å². The third-order valence-corrected chi connectivity index (χ3v) is 4.37. The Bertz CT molecular complexity index is 652. The Morgan fingerprint density at radius 2 is 1.87 bits per heavy atom. The van der Waals surface area contributed by atoms with Gasteiger partial charge in [-0.3, -0.25) is 4.68 Å². The van der Waals surface area contributed by atoms with Crippen LogP contribution in [-0.2, 0) is 0 Å². The number of rotatable bonds is 2. The zero-order chi connectivity index (χ0) is 17.0. The molecule has 0 bridgehead atoms. The minimum Gasteiger partial charge on any atom is -0.405 e. The van der Waals surface area contributed by atoms with Gasteiger partial charge in [0.2, 0.25) is 0 Å². The maximum atomic E-state index is 12.3. The number of alkyl halides is 3. The molecule has 1 aliphatic rings. The normalized spacial score (nSPS) is 16.1. The van der Waals surface area contributed by atoms with Crippen LogP contribution in [0.3, 0.4) is 0 Å². The van der Waals surface area contributed by atoms with Crippen LogP contribution in [0.1, 0.15) is 38.1 Å². The lowest BCUT2D eigenvalue weighted by Gasteiger charge is -2.21. The molecule has 0 radical (unpaired) electrons. The summed E-state index contributed by atoms with van der Waals surface area (Å²) in [5, 5.41) is 12.2. The smallest absolute Gasteiger partial charge is 0.405 e. The van der Waals surface area contributed by atoms with Gasteiger partial charge in [-0.2, -0.15) is 5.10 Å². The van der Waals surface area contributed by atoms with E-state index in [0.717, 1.165) is 25.3 Å². The van der Waals surface area contributed by atoms with Crippen LogP contribution >= 0.6 is 15.9 Å². The van der Waals surface area contributed by atoms with Gasteiger partial charge in [0.15, 0.2) is 0 Å². The van der Waals surface area contributed by atoms with E-state index in [9.17, 15) is 13.2 Å². The Labute approximate surface area is 140 Å². The number of aliphatic hydroxyl groups is 1. The summed E-state index contributed by atoms with van der Waals surface area (Å²) in [6.07, 6.45) is 2.92. The van der Waals surface area contributed by atoms with E-state index >= 15 is 0 Å². The molecule has 1 aromatic carbocycles. The molecule has 1 N–H and O–H groups in total. The lowest BCUT2D eigenvalue weighted by molar-refractivity contribution is -0.274. The minimum absolute atomic E-state index is 0.260. The molecular formula is C15H18BrF3N2O2. The van der Waals surface area contributed by atoms with Gasteiger partial charge in [0.25, 0.3) is 0 Å². The molecule has 0 spiro atoms. The molecule has 1 saturated carbocycles. The molecular weight excluding hydrogens is 377 g/mol. The van der Waals surface area contributed by atoms with Gasteiger partial charge in [0.1, 0.15) is 5.75 Å². The highest BCUT2D eigenvalue weighted by Crippen LogP contribution is 2.35. The van der Waals surface area contributed by atoms with E-state index in [0.29, 0.717) is 11.6 Å². The Balaban J connectivity index is 0.000000924. The van der Waals surface area contributed by atoms with Gasteiger partial charge < -0.3 is 9.84 Å². The summed E-state index contributed by atoms with van der Waals surface area (Å²) in [4.78, 5) is 0. The van der Waals surface area contributed by atoms with Crippen LogP contribution in [0.25, 0.3) is 10.9 Å². The summed E-state index contributed by atoms with van der Waals surface area (Å²) in [5.41, 5.74) is 0.517. The van der Waals surface area contributed by atoms with E-state index < -0.39 is 6.36 Å². The number of aromatic nitrogens is 2. The van der Waals surface area contributed by atoms with Gasteiger partial charge >= 0.3 is 6.36 Å². The number of nitrogens with zero attached hydrogens (tertiary/aromatic N) is 2. The molecule has 1 aliphatic carbocycles. The lowest BCUT2D eigenvalue weighted by Crippen LogP contribution is -2.17. The van der Waals surface area contributed by atoms with E-state index in [1.807, 2.05) is 10.9 Å². The molecule has 23 heavy (non-hydrogen) atoms. The number of benzene rings is 1. The first-order valence-electron chi connectivity index (χ1n) is 7.31. The van der Waals surface area contributed by atoms with Crippen molar-refractivity contribution in [1.82, 2.24) is 9.78 Å². The molecule has 2 aromatic rings. The first-order chi connectivity index (χ1) is 10.9. The van der Waals surface area contributed by atoms with Gasteiger partial charge in [0.05, 0.1) is 16.0 Å². The molecule has 0 unspecified atom stereocenters. The molecule has 0 amide bonds. The van der Waals surface area contributed by atoms with E-state index in [1.165, 1.54) is 25.3 Å². The van der Waals surface area contributed by atoms with Crippen molar-refractivity contribution >= 4 is 26.8 Å². The molecule has 1 aromatic heterocycles. The van der Waals surface area contributed by atoms with Crippen molar-refractivity contribution in [3.63, 3.8) is 0 Å². The molecule has 4 nitrogen and oxygen atoms in total. The average Bonchev–Trinajstić information content (AvgIpc) is 2.92. The Morgan fingerprint density at radius 3 is 2.48 bits per heavy atom. The number of fused-ring (bicyclic) bond motifs is 1. The molecule has 3 rings (SSSR count). The SMILES string of the molecule is CO.FC(F)(F)Oc1cc2nn(C3CCCCC3)cc2cc1Br.